The zero-order chi connectivity index (χ0) is 19.6. The summed E-state index contributed by atoms with van der Waals surface area (Å²) in [5.74, 6) is -0.230. The monoisotopic (exact) mass is 377 g/mol. The molecule has 0 spiro atoms. The van der Waals surface area contributed by atoms with Crippen LogP contribution in [0.2, 0.25) is 0 Å². The molecule has 1 heterocycles. The minimum atomic E-state index is -4.39. The molecule has 144 valence electrons. The number of piperazine rings is 1. The Morgan fingerprint density at radius 3 is 1.93 bits per heavy atom. The van der Waals surface area contributed by atoms with Crippen molar-refractivity contribution in [1.82, 2.24) is 4.90 Å². The molecule has 0 N–H and O–H groups in total. The van der Waals surface area contributed by atoms with Crippen LogP contribution in [-0.4, -0.2) is 51.1 Å². The lowest BCUT2D eigenvalue weighted by Crippen LogP contribution is -2.48. The molecule has 0 bridgehead atoms. The van der Waals surface area contributed by atoms with Gasteiger partial charge in [0, 0.05) is 57.2 Å². The fraction of sp³-hybridized carbons (Fsp3) is 0.350. The average Bonchev–Trinajstić information content (AvgIpc) is 2.67. The van der Waals surface area contributed by atoms with Crippen LogP contribution in [0.5, 0.6) is 0 Å². The molecule has 1 fully saturated rings. The number of amides is 1. The van der Waals surface area contributed by atoms with Crippen LogP contribution in [0.15, 0.2) is 48.5 Å². The van der Waals surface area contributed by atoms with Gasteiger partial charge in [-0.25, -0.2) is 0 Å². The summed E-state index contributed by atoms with van der Waals surface area (Å²) in [5.41, 5.74) is 1.76. The summed E-state index contributed by atoms with van der Waals surface area (Å²) in [6, 6.07) is 12.6. The predicted molar refractivity (Wildman–Crippen MR) is 100 cm³/mol. The van der Waals surface area contributed by atoms with Gasteiger partial charge in [0.15, 0.2) is 0 Å². The molecule has 27 heavy (non-hydrogen) atoms. The van der Waals surface area contributed by atoms with Gasteiger partial charge in [-0.05, 0) is 48.5 Å². The molecule has 1 saturated heterocycles. The number of benzene rings is 2. The third kappa shape index (κ3) is 4.35. The van der Waals surface area contributed by atoms with Crippen molar-refractivity contribution in [2.24, 2.45) is 0 Å². The van der Waals surface area contributed by atoms with E-state index in [0.29, 0.717) is 26.2 Å². The quantitative estimate of drug-likeness (QED) is 0.816. The van der Waals surface area contributed by atoms with Gasteiger partial charge in [-0.1, -0.05) is 0 Å². The van der Waals surface area contributed by atoms with Crippen LogP contribution in [0, 0.1) is 0 Å². The Kier molecular flexibility index (Phi) is 5.30. The van der Waals surface area contributed by atoms with E-state index in [1.807, 2.05) is 19.0 Å². The number of carbonyl (C=O) groups is 1. The van der Waals surface area contributed by atoms with E-state index in [2.05, 4.69) is 29.2 Å². The molecule has 0 aliphatic carbocycles. The summed E-state index contributed by atoms with van der Waals surface area (Å²) >= 11 is 0. The SMILES string of the molecule is CN(C)c1ccc(N2CCN(C(=O)c3ccc(C(F)(F)F)cc3)CC2)cc1. The Morgan fingerprint density at radius 2 is 1.44 bits per heavy atom. The molecule has 1 aliphatic rings. The van der Waals surface area contributed by atoms with E-state index in [-0.39, 0.29) is 11.5 Å². The van der Waals surface area contributed by atoms with E-state index >= 15 is 0 Å². The fourth-order valence-corrected chi connectivity index (χ4v) is 3.11. The first-order chi connectivity index (χ1) is 12.8. The maximum atomic E-state index is 12.6. The van der Waals surface area contributed by atoms with Gasteiger partial charge < -0.3 is 14.7 Å². The molecule has 1 aliphatic heterocycles. The summed E-state index contributed by atoms with van der Waals surface area (Å²) in [6.07, 6.45) is -4.39. The van der Waals surface area contributed by atoms with E-state index < -0.39 is 11.7 Å². The highest BCUT2D eigenvalue weighted by molar-refractivity contribution is 5.94. The lowest BCUT2D eigenvalue weighted by atomic mass is 10.1. The Balaban J connectivity index is 1.60. The second kappa shape index (κ2) is 7.50. The zero-order valence-electron chi connectivity index (χ0n) is 15.3. The molecule has 0 atom stereocenters. The summed E-state index contributed by atoms with van der Waals surface area (Å²) < 4.78 is 37.9. The largest absolute Gasteiger partial charge is 0.416 e. The van der Waals surface area contributed by atoms with Gasteiger partial charge in [-0.2, -0.15) is 13.2 Å². The van der Waals surface area contributed by atoms with Gasteiger partial charge in [-0.15, -0.1) is 0 Å². The van der Waals surface area contributed by atoms with Crippen molar-refractivity contribution in [3.05, 3.63) is 59.7 Å². The fourth-order valence-electron chi connectivity index (χ4n) is 3.11. The molecular formula is C20H22F3N3O. The van der Waals surface area contributed by atoms with E-state index in [1.165, 1.54) is 12.1 Å². The van der Waals surface area contributed by atoms with Gasteiger partial charge >= 0.3 is 6.18 Å². The number of carbonyl (C=O) groups excluding carboxylic acids is 1. The minimum absolute atomic E-state index is 0.230. The van der Waals surface area contributed by atoms with Crippen LogP contribution in [0.25, 0.3) is 0 Å². The maximum absolute atomic E-state index is 12.6. The highest BCUT2D eigenvalue weighted by Gasteiger charge is 2.30. The smallest absolute Gasteiger partial charge is 0.378 e. The Labute approximate surface area is 156 Å². The Morgan fingerprint density at radius 1 is 0.889 bits per heavy atom. The lowest BCUT2D eigenvalue weighted by Gasteiger charge is -2.36. The normalized spacial score (nSPS) is 15.0. The zero-order valence-corrected chi connectivity index (χ0v) is 15.3. The molecule has 4 nitrogen and oxygen atoms in total. The average molecular weight is 377 g/mol. The number of anilines is 2. The minimum Gasteiger partial charge on any atom is -0.378 e. The summed E-state index contributed by atoms with van der Waals surface area (Å²) in [7, 11) is 3.97. The van der Waals surface area contributed by atoms with E-state index in [4.69, 9.17) is 0 Å². The molecule has 0 aromatic heterocycles. The van der Waals surface area contributed by atoms with Crippen molar-refractivity contribution in [3.8, 4) is 0 Å². The van der Waals surface area contributed by atoms with Crippen LogP contribution >= 0.6 is 0 Å². The second-order valence-corrected chi connectivity index (χ2v) is 6.77. The van der Waals surface area contributed by atoms with Crippen molar-refractivity contribution in [2.45, 2.75) is 6.18 Å². The molecule has 1 amide bonds. The van der Waals surface area contributed by atoms with Crippen molar-refractivity contribution in [1.29, 1.82) is 0 Å². The third-order valence-corrected chi connectivity index (χ3v) is 4.76. The number of nitrogens with zero attached hydrogens (tertiary/aromatic N) is 3. The van der Waals surface area contributed by atoms with Crippen LogP contribution < -0.4 is 9.80 Å². The topological polar surface area (TPSA) is 26.8 Å². The Bertz CT molecular complexity index is 778. The van der Waals surface area contributed by atoms with Crippen molar-refractivity contribution in [2.75, 3.05) is 50.1 Å². The van der Waals surface area contributed by atoms with Crippen LogP contribution in [0.4, 0.5) is 24.5 Å². The number of halogens is 3. The first kappa shape index (κ1) is 19.1. The molecule has 2 aromatic carbocycles. The van der Waals surface area contributed by atoms with Gasteiger partial charge in [0.25, 0.3) is 5.91 Å². The van der Waals surface area contributed by atoms with Gasteiger partial charge in [0.05, 0.1) is 5.56 Å². The summed E-state index contributed by atoms with van der Waals surface area (Å²) in [4.78, 5) is 18.5. The summed E-state index contributed by atoms with van der Waals surface area (Å²) in [6.45, 7) is 2.45. The predicted octanol–water partition coefficient (Wildman–Crippen LogP) is 3.73. The summed E-state index contributed by atoms with van der Waals surface area (Å²) in [5, 5.41) is 0. The number of alkyl halides is 3. The second-order valence-electron chi connectivity index (χ2n) is 6.77. The first-order valence-electron chi connectivity index (χ1n) is 8.74. The lowest BCUT2D eigenvalue weighted by molar-refractivity contribution is -0.137. The van der Waals surface area contributed by atoms with Crippen LogP contribution in [-0.2, 0) is 6.18 Å². The Hall–Kier alpha value is -2.70. The highest BCUT2D eigenvalue weighted by atomic mass is 19.4. The highest BCUT2D eigenvalue weighted by Crippen LogP contribution is 2.29. The molecule has 2 aromatic rings. The number of hydrogen-bond acceptors (Lipinski definition) is 3. The van der Waals surface area contributed by atoms with Crippen LogP contribution in [0.3, 0.4) is 0 Å². The molecule has 0 unspecified atom stereocenters. The van der Waals surface area contributed by atoms with E-state index in [0.717, 1.165) is 23.5 Å². The van der Waals surface area contributed by atoms with E-state index in [1.54, 1.807) is 4.90 Å². The molecular weight excluding hydrogens is 355 g/mol. The van der Waals surface area contributed by atoms with Crippen molar-refractivity contribution < 1.29 is 18.0 Å². The molecule has 3 rings (SSSR count). The van der Waals surface area contributed by atoms with Crippen molar-refractivity contribution >= 4 is 17.3 Å². The van der Waals surface area contributed by atoms with Gasteiger partial charge in [0.2, 0.25) is 0 Å². The number of hydrogen-bond donors (Lipinski definition) is 0. The van der Waals surface area contributed by atoms with E-state index in [9.17, 15) is 18.0 Å². The van der Waals surface area contributed by atoms with Gasteiger partial charge in [-0.3, -0.25) is 4.79 Å². The maximum Gasteiger partial charge on any atom is 0.416 e. The standard InChI is InChI=1S/C20H22F3N3O/c1-24(2)17-7-9-18(10-8-17)25-11-13-26(14-12-25)19(27)15-3-5-16(6-4-15)20(21,22)23/h3-10H,11-14H2,1-2H3. The van der Waals surface area contributed by atoms with Crippen LogP contribution in [0.1, 0.15) is 15.9 Å². The number of rotatable bonds is 3. The third-order valence-electron chi connectivity index (χ3n) is 4.76. The van der Waals surface area contributed by atoms with Gasteiger partial charge in [0.1, 0.15) is 0 Å². The molecule has 0 radical (unpaired) electrons. The molecule has 0 saturated carbocycles. The van der Waals surface area contributed by atoms with Crippen molar-refractivity contribution in [3.63, 3.8) is 0 Å². The molecule has 7 heteroatoms. The first-order valence-corrected chi connectivity index (χ1v) is 8.74.